The van der Waals surface area contributed by atoms with Gasteiger partial charge in [0, 0.05) is 36.0 Å². The summed E-state index contributed by atoms with van der Waals surface area (Å²) < 4.78 is 8.03. The van der Waals surface area contributed by atoms with Crippen LogP contribution in [0.3, 0.4) is 0 Å². The highest BCUT2D eigenvalue weighted by Gasteiger charge is 2.38. The van der Waals surface area contributed by atoms with Crippen molar-refractivity contribution >= 4 is 17.2 Å². The van der Waals surface area contributed by atoms with Crippen LogP contribution in [0.15, 0.2) is 36.7 Å². The van der Waals surface area contributed by atoms with Crippen LogP contribution in [0, 0.1) is 12.8 Å². The maximum atomic E-state index is 12.0. The van der Waals surface area contributed by atoms with E-state index in [4.69, 9.17) is 4.74 Å². The molecule has 7 nitrogen and oxygen atoms in total. The number of anilines is 1. The molecule has 1 aliphatic carbocycles. The number of carbonyl (C=O) groups is 1. The van der Waals surface area contributed by atoms with Crippen LogP contribution in [0.25, 0.3) is 16.6 Å². The first-order valence-corrected chi connectivity index (χ1v) is 10.5. The van der Waals surface area contributed by atoms with E-state index >= 15 is 0 Å². The quantitative estimate of drug-likeness (QED) is 0.679. The lowest BCUT2D eigenvalue weighted by Gasteiger charge is -2.48. The second-order valence-corrected chi connectivity index (χ2v) is 8.86. The van der Waals surface area contributed by atoms with Gasteiger partial charge in [-0.25, -0.2) is 4.52 Å². The van der Waals surface area contributed by atoms with Crippen molar-refractivity contribution in [1.82, 2.24) is 19.5 Å². The molecule has 0 unspecified atom stereocenters. The molecule has 30 heavy (non-hydrogen) atoms. The summed E-state index contributed by atoms with van der Waals surface area (Å²) in [5.41, 5.74) is 3.99. The van der Waals surface area contributed by atoms with E-state index in [2.05, 4.69) is 46.4 Å². The highest BCUT2D eigenvalue weighted by atomic mass is 16.5. The molecule has 4 heterocycles. The van der Waals surface area contributed by atoms with Crippen LogP contribution in [-0.2, 0) is 4.79 Å². The minimum Gasteiger partial charge on any atom is -0.489 e. The highest BCUT2D eigenvalue weighted by Crippen LogP contribution is 2.34. The second kappa shape index (κ2) is 7.09. The van der Waals surface area contributed by atoms with Crippen molar-refractivity contribution in [1.29, 1.82) is 0 Å². The van der Waals surface area contributed by atoms with Gasteiger partial charge in [-0.2, -0.15) is 5.10 Å². The molecule has 2 fully saturated rings. The molecule has 1 amide bonds. The third kappa shape index (κ3) is 3.54. The number of rotatable bonds is 6. The number of amides is 1. The molecule has 7 heteroatoms. The number of pyridine rings is 2. The van der Waals surface area contributed by atoms with E-state index in [1.165, 1.54) is 0 Å². The Balaban J connectivity index is 1.42. The Morgan fingerprint density at radius 1 is 1.33 bits per heavy atom. The maximum absolute atomic E-state index is 12.0. The molecule has 0 bridgehead atoms. The summed E-state index contributed by atoms with van der Waals surface area (Å²) in [6.45, 7) is 5.95. The smallest absolute Gasteiger partial charge is 0.228 e. The molecule has 0 radical (unpaired) electrons. The number of likely N-dealkylation sites (tertiary alicyclic amines) is 1. The van der Waals surface area contributed by atoms with Gasteiger partial charge in [0.2, 0.25) is 5.91 Å². The van der Waals surface area contributed by atoms with E-state index in [0.29, 0.717) is 12.4 Å². The van der Waals surface area contributed by atoms with Crippen molar-refractivity contribution in [2.24, 2.45) is 5.92 Å². The van der Waals surface area contributed by atoms with Crippen molar-refractivity contribution in [3.05, 3.63) is 42.4 Å². The second-order valence-electron chi connectivity index (χ2n) is 8.86. The van der Waals surface area contributed by atoms with E-state index in [0.717, 1.165) is 53.9 Å². The average molecular weight is 406 g/mol. The summed E-state index contributed by atoms with van der Waals surface area (Å²) in [7, 11) is 2.13. The molecule has 1 saturated heterocycles. The molecule has 3 aromatic rings. The van der Waals surface area contributed by atoms with Gasteiger partial charge in [0.1, 0.15) is 12.4 Å². The summed E-state index contributed by atoms with van der Waals surface area (Å²) >= 11 is 0. The third-order valence-electron chi connectivity index (χ3n) is 6.42. The molecule has 1 aliphatic heterocycles. The number of hydrogen-bond acceptors (Lipinski definition) is 5. The molecule has 156 valence electrons. The fourth-order valence-electron chi connectivity index (χ4n) is 3.82. The van der Waals surface area contributed by atoms with E-state index in [1.807, 2.05) is 31.5 Å². The Labute approximate surface area is 176 Å². The standard InChI is InChI=1S/C23H27N5O2/c1-15-10-19(20(13-24-15)30-14-23(2)7-9-27(23)3)17-6-8-28-18(11-17)12-21(26-28)25-22(29)16-4-5-16/h6,8,10-13,16H,4-5,7,9,14H2,1-3H3,(H,25,26,29)/t23-/m1/s1. The number of aryl methyl sites for hydroxylation is 1. The van der Waals surface area contributed by atoms with Crippen LogP contribution >= 0.6 is 0 Å². The van der Waals surface area contributed by atoms with E-state index in [-0.39, 0.29) is 17.4 Å². The zero-order chi connectivity index (χ0) is 20.9. The summed E-state index contributed by atoms with van der Waals surface area (Å²) in [6.07, 6.45) is 6.81. The number of ether oxygens (including phenoxy) is 1. The summed E-state index contributed by atoms with van der Waals surface area (Å²) in [5, 5.41) is 7.39. The number of aromatic nitrogens is 3. The monoisotopic (exact) mass is 405 g/mol. The lowest BCUT2D eigenvalue weighted by atomic mass is 9.88. The van der Waals surface area contributed by atoms with E-state index in [1.54, 1.807) is 4.52 Å². The maximum Gasteiger partial charge on any atom is 0.228 e. The molecular weight excluding hydrogens is 378 g/mol. The number of fused-ring (bicyclic) bond motifs is 1. The normalized spacial score (nSPS) is 21.4. The molecule has 0 aromatic carbocycles. The van der Waals surface area contributed by atoms with Gasteiger partial charge in [-0.15, -0.1) is 0 Å². The lowest BCUT2D eigenvalue weighted by Crippen LogP contribution is -2.59. The van der Waals surface area contributed by atoms with E-state index in [9.17, 15) is 4.79 Å². The minimum atomic E-state index is 0.0635. The highest BCUT2D eigenvalue weighted by molar-refractivity contribution is 5.93. The van der Waals surface area contributed by atoms with Gasteiger partial charge in [0.15, 0.2) is 5.82 Å². The van der Waals surface area contributed by atoms with Crippen molar-refractivity contribution < 1.29 is 9.53 Å². The van der Waals surface area contributed by atoms with Crippen LogP contribution in [0.2, 0.25) is 0 Å². The first-order valence-electron chi connectivity index (χ1n) is 10.5. The molecule has 1 atom stereocenters. The minimum absolute atomic E-state index is 0.0635. The molecule has 3 aromatic heterocycles. The predicted octanol–water partition coefficient (Wildman–Crippen LogP) is 3.53. The van der Waals surface area contributed by atoms with E-state index < -0.39 is 0 Å². The van der Waals surface area contributed by atoms with Crippen molar-refractivity contribution in [3.8, 4) is 16.9 Å². The van der Waals surface area contributed by atoms with Crippen molar-refractivity contribution in [2.45, 2.75) is 38.6 Å². The molecule has 1 N–H and O–H groups in total. The van der Waals surface area contributed by atoms with Crippen LogP contribution < -0.4 is 10.1 Å². The van der Waals surface area contributed by atoms with Gasteiger partial charge in [-0.05, 0) is 63.9 Å². The summed E-state index contributed by atoms with van der Waals surface area (Å²) in [5.74, 6) is 1.59. The first-order chi connectivity index (χ1) is 14.4. The predicted molar refractivity (Wildman–Crippen MR) is 116 cm³/mol. The van der Waals surface area contributed by atoms with Crippen LogP contribution in [0.4, 0.5) is 5.82 Å². The fraction of sp³-hybridized carbons (Fsp3) is 0.435. The summed E-state index contributed by atoms with van der Waals surface area (Å²) in [4.78, 5) is 18.8. The summed E-state index contributed by atoms with van der Waals surface area (Å²) in [6, 6.07) is 8.05. The van der Waals surface area contributed by atoms with Crippen molar-refractivity contribution in [3.63, 3.8) is 0 Å². The number of carbonyl (C=O) groups excluding carboxylic acids is 1. The van der Waals surface area contributed by atoms with Crippen LogP contribution in [0.5, 0.6) is 5.75 Å². The topological polar surface area (TPSA) is 71.8 Å². The molecular formula is C23H27N5O2. The number of likely N-dealkylation sites (N-methyl/N-ethyl adjacent to an activating group) is 1. The van der Waals surface area contributed by atoms with Gasteiger partial charge in [0.25, 0.3) is 0 Å². The van der Waals surface area contributed by atoms with Crippen LogP contribution in [-0.4, -0.2) is 51.1 Å². The zero-order valence-electron chi connectivity index (χ0n) is 17.7. The molecule has 1 saturated carbocycles. The van der Waals surface area contributed by atoms with Crippen LogP contribution in [0.1, 0.15) is 31.9 Å². The Morgan fingerprint density at radius 2 is 2.17 bits per heavy atom. The molecule has 5 rings (SSSR count). The van der Waals surface area contributed by atoms with Gasteiger partial charge in [-0.1, -0.05) is 0 Å². The molecule has 2 aliphatic rings. The lowest BCUT2D eigenvalue weighted by molar-refractivity contribution is -0.117. The number of hydrogen-bond donors (Lipinski definition) is 1. The van der Waals surface area contributed by atoms with Gasteiger partial charge < -0.3 is 10.1 Å². The van der Waals surface area contributed by atoms with Gasteiger partial charge in [-0.3, -0.25) is 14.7 Å². The first kappa shape index (κ1) is 19.1. The SMILES string of the molecule is Cc1cc(-c2ccn3nc(NC(=O)C4CC4)cc3c2)c(OC[C@@]2(C)CCN2C)cn1. The molecule has 0 spiro atoms. The third-order valence-corrected chi connectivity index (χ3v) is 6.42. The van der Waals surface area contributed by atoms with Gasteiger partial charge in [0.05, 0.1) is 17.3 Å². The largest absolute Gasteiger partial charge is 0.489 e. The number of nitrogens with one attached hydrogen (secondary N) is 1. The Morgan fingerprint density at radius 3 is 2.87 bits per heavy atom. The zero-order valence-corrected chi connectivity index (χ0v) is 17.7. The number of nitrogens with zero attached hydrogens (tertiary/aromatic N) is 4. The van der Waals surface area contributed by atoms with Crippen molar-refractivity contribution in [2.75, 3.05) is 25.5 Å². The average Bonchev–Trinajstić information content (AvgIpc) is 3.51. The Kier molecular flexibility index (Phi) is 4.50. The van der Waals surface area contributed by atoms with Gasteiger partial charge >= 0.3 is 0 Å². The Hall–Kier alpha value is -2.93. The Bertz CT molecular complexity index is 1120. The fourth-order valence-corrected chi connectivity index (χ4v) is 3.82.